The van der Waals surface area contributed by atoms with Crippen molar-refractivity contribution in [3.8, 4) is 17.0 Å². The van der Waals surface area contributed by atoms with E-state index in [1.165, 1.54) is 0 Å². The molecule has 1 unspecified atom stereocenters. The van der Waals surface area contributed by atoms with Crippen molar-refractivity contribution in [2.75, 3.05) is 17.2 Å². The molecule has 0 saturated heterocycles. The fourth-order valence-electron chi connectivity index (χ4n) is 3.75. The number of hydrogen-bond acceptors (Lipinski definition) is 6. The predicted molar refractivity (Wildman–Crippen MR) is 137 cm³/mol. The fourth-order valence-corrected chi connectivity index (χ4v) is 3.75. The van der Waals surface area contributed by atoms with E-state index in [1.54, 1.807) is 25.1 Å². The summed E-state index contributed by atoms with van der Waals surface area (Å²) in [5, 5.41) is 6.29. The molecule has 0 fully saturated rings. The monoisotopic (exact) mass is 472 g/mol. The van der Waals surface area contributed by atoms with Gasteiger partial charge in [-0.05, 0) is 56.2 Å². The molecule has 0 aliphatic carbocycles. The van der Waals surface area contributed by atoms with E-state index in [2.05, 4.69) is 10.6 Å². The molecule has 6 N–H and O–H groups in total. The van der Waals surface area contributed by atoms with Crippen LogP contribution in [0.4, 0.5) is 17.2 Å². The molecule has 0 aliphatic rings. The Labute approximate surface area is 203 Å². The van der Waals surface area contributed by atoms with Gasteiger partial charge in [-0.25, -0.2) is 4.98 Å². The lowest BCUT2D eigenvalue weighted by Gasteiger charge is -2.16. The van der Waals surface area contributed by atoms with Crippen LogP contribution in [-0.2, 0) is 9.59 Å². The van der Waals surface area contributed by atoms with Crippen LogP contribution in [0.15, 0.2) is 60.8 Å². The van der Waals surface area contributed by atoms with Crippen molar-refractivity contribution in [1.82, 2.24) is 9.38 Å². The second kappa shape index (κ2) is 9.86. The van der Waals surface area contributed by atoms with E-state index < -0.39 is 11.9 Å². The normalized spacial score (nSPS) is 11.8. The van der Waals surface area contributed by atoms with Gasteiger partial charge in [-0.1, -0.05) is 24.3 Å². The van der Waals surface area contributed by atoms with Crippen LogP contribution in [0.1, 0.15) is 18.1 Å². The van der Waals surface area contributed by atoms with Crippen LogP contribution in [-0.4, -0.2) is 33.8 Å². The summed E-state index contributed by atoms with van der Waals surface area (Å²) in [6.45, 7) is 5.34. The van der Waals surface area contributed by atoms with E-state index in [-0.39, 0.29) is 12.5 Å². The average molecular weight is 473 g/mol. The van der Waals surface area contributed by atoms with Crippen LogP contribution in [0.5, 0.6) is 5.75 Å². The van der Waals surface area contributed by atoms with Crippen molar-refractivity contribution < 1.29 is 14.3 Å². The Hall–Kier alpha value is -4.37. The van der Waals surface area contributed by atoms with Gasteiger partial charge < -0.3 is 26.8 Å². The molecule has 0 bridgehead atoms. The number of imidazole rings is 1. The number of carbonyl (C=O) groups excluding carboxylic acids is 2. The van der Waals surface area contributed by atoms with Gasteiger partial charge >= 0.3 is 0 Å². The molecule has 35 heavy (non-hydrogen) atoms. The number of ether oxygens (including phenoxy) is 1. The van der Waals surface area contributed by atoms with Crippen molar-refractivity contribution in [1.29, 1.82) is 0 Å². The Bertz CT molecular complexity index is 1390. The molecule has 2 aromatic carbocycles. The van der Waals surface area contributed by atoms with Gasteiger partial charge in [0.25, 0.3) is 5.91 Å². The largest absolute Gasteiger partial charge is 0.483 e. The number of rotatable bonds is 8. The first kappa shape index (κ1) is 23.8. The molecule has 180 valence electrons. The summed E-state index contributed by atoms with van der Waals surface area (Å²) in [4.78, 5) is 28.4. The first-order valence-corrected chi connectivity index (χ1v) is 11.2. The summed E-state index contributed by atoms with van der Waals surface area (Å²) in [6.07, 6.45) is 1.92. The highest BCUT2D eigenvalue weighted by Crippen LogP contribution is 2.39. The second-order valence-electron chi connectivity index (χ2n) is 8.37. The molecule has 2 amide bonds. The third kappa shape index (κ3) is 5.10. The number of aryl methyl sites for hydroxylation is 2. The number of benzene rings is 2. The first-order chi connectivity index (χ1) is 16.7. The van der Waals surface area contributed by atoms with E-state index >= 15 is 0 Å². The van der Waals surface area contributed by atoms with Crippen molar-refractivity contribution >= 4 is 34.7 Å². The lowest BCUT2D eigenvalue weighted by atomic mass is 10.1. The maximum atomic E-state index is 12.1. The predicted octanol–water partition coefficient (Wildman–Crippen LogP) is 3.51. The molecule has 4 aromatic rings. The van der Waals surface area contributed by atoms with Gasteiger partial charge in [0.05, 0.1) is 6.04 Å². The maximum Gasteiger partial charge on any atom is 0.255 e. The number of nitrogens with zero attached hydrogens (tertiary/aromatic N) is 2. The van der Waals surface area contributed by atoms with Crippen LogP contribution in [0.2, 0.25) is 0 Å². The summed E-state index contributed by atoms with van der Waals surface area (Å²) in [7, 11) is 0. The van der Waals surface area contributed by atoms with Crippen molar-refractivity contribution in [3.63, 3.8) is 0 Å². The number of anilines is 3. The number of pyridine rings is 1. The minimum atomic E-state index is -0.684. The Balaban J connectivity index is 1.86. The summed E-state index contributed by atoms with van der Waals surface area (Å²) in [5.41, 5.74) is 16.6. The molecule has 2 heterocycles. The number of primary amides is 1. The summed E-state index contributed by atoms with van der Waals surface area (Å²) in [6, 6.07) is 16.3. The van der Waals surface area contributed by atoms with Crippen LogP contribution in [0.25, 0.3) is 16.9 Å². The van der Waals surface area contributed by atoms with Gasteiger partial charge in [-0.3, -0.25) is 14.0 Å². The number of hydrogen-bond donors (Lipinski definition) is 4. The number of amides is 2. The third-order valence-corrected chi connectivity index (χ3v) is 5.54. The SMILES string of the molecule is Cc1cccc(C)c1Nc1c(-c2ccc(NC(=O)C(C)N)cc2OCC(N)=O)nc2ccccn12. The quantitative estimate of drug-likeness (QED) is 0.310. The zero-order chi connectivity index (χ0) is 25.1. The molecule has 9 nitrogen and oxygen atoms in total. The number of nitrogens with two attached hydrogens (primary N) is 2. The van der Waals surface area contributed by atoms with Crippen LogP contribution in [0, 0.1) is 13.8 Å². The molecule has 0 spiro atoms. The topological polar surface area (TPSA) is 137 Å². The van der Waals surface area contributed by atoms with E-state index in [0.717, 1.165) is 28.3 Å². The van der Waals surface area contributed by atoms with E-state index in [1.807, 2.05) is 60.8 Å². The van der Waals surface area contributed by atoms with Gasteiger partial charge in [0.15, 0.2) is 6.61 Å². The Kier molecular flexibility index (Phi) is 6.70. The Morgan fingerprint density at radius 1 is 1.09 bits per heavy atom. The number of fused-ring (bicyclic) bond motifs is 1. The van der Waals surface area contributed by atoms with Gasteiger partial charge in [0.2, 0.25) is 5.91 Å². The lowest BCUT2D eigenvalue weighted by Crippen LogP contribution is -2.32. The lowest BCUT2D eigenvalue weighted by molar-refractivity contribution is -0.120. The first-order valence-electron chi connectivity index (χ1n) is 11.2. The number of aromatic nitrogens is 2. The number of para-hydroxylation sites is 1. The number of carbonyl (C=O) groups is 2. The van der Waals surface area contributed by atoms with E-state index in [4.69, 9.17) is 21.2 Å². The van der Waals surface area contributed by atoms with Crippen LogP contribution >= 0.6 is 0 Å². The zero-order valence-corrected chi connectivity index (χ0v) is 19.8. The second-order valence-corrected chi connectivity index (χ2v) is 8.37. The van der Waals surface area contributed by atoms with Gasteiger partial charge in [0.1, 0.15) is 22.9 Å². The van der Waals surface area contributed by atoms with Crippen molar-refractivity contribution in [3.05, 3.63) is 71.9 Å². The highest BCUT2D eigenvalue weighted by molar-refractivity contribution is 5.95. The standard InChI is InChI=1S/C26H28N6O3/c1-15-7-6-8-16(2)23(15)31-25-24(30-22-9-4-5-12-32(22)25)19-11-10-18(29-26(34)17(3)27)13-20(19)35-14-21(28)33/h4-13,17,31H,14,27H2,1-3H3,(H2,28,33)(H,29,34). The van der Waals surface area contributed by atoms with E-state index in [0.29, 0.717) is 22.7 Å². The Morgan fingerprint density at radius 2 is 1.83 bits per heavy atom. The highest BCUT2D eigenvalue weighted by Gasteiger charge is 2.20. The van der Waals surface area contributed by atoms with Crippen LogP contribution in [0.3, 0.4) is 0 Å². The van der Waals surface area contributed by atoms with Gasteiger partial charge in [-0.15, -0.1) is 0 Å². The number of nitrogens with one attached hydrogen (secondary N) is 2. The van der Waals surface area contributed by atoms with Gasteiger partial charge in [-0.2, -0.15) is 0 Å². The van der Waals surface area contributed by atoms with Gasteiger partial charge in [0, 0.05) is 29.2 Å². The molecular weight excluding hydrogens is 444 g/mol. The maximum absolute atomic E-state index is 12.1. The smallest absolute Gasteiger partial charge is 0.255 e. The summed E-state index contributed by atoms with van der Waals surface area (Å²) in [5.74, 6) is 0.113. The molecular formula is C26H28N6O3. The molecule has 1 atom stereocenters. The van der Waals surface area contributed by atoms with Crippen LogP contribution < -0.4 is 26.8 Å². The molecule has 0 radical (unpaired) electrons. The average Bonchev–Trinajstić information content (AvgIpc) is 3.18. The highest BCUT2D eigenvalue weighted by atomic mass is 16.5. The zero-order valence-electron chi connectivity index (χ0n) is 19.8. The summed E-state index contributed by atoms with van der Waals surface area (Å²) >= 11 is 0. The molecule has 0 aliphatic heterocycles. The third-order valence-electron chi connectivity index (χ3n) is 5.54. The molecule has 2 aromatic heterocycles. The Morgan fingerprint density at radius 3 is 2.51 bits per heavy atom. The minimum absolute atomic E-state index is 0.329. The van der Waals surface area contributed by atoms with Crippen molar-refractivity contribution in [2.24, 2.45) is 11.5 Å². The fraction of sp³-hybridized carbons (Fsp3) is 0.192. The van der Waals surface area contributed by atoms with E-state index in [9.17, 15) is 9.59 Å². The molecule has 9 heteroatoms. The summed E-state index contributed by atoms with van der Waals surface area (Å²) < 4.78 is 7.70. The molecule has 4 rings (SSSR count). The molecule has 0 saturated carbocycles. The minimum Gasteiger partial charge on any atom is -0.483 e. The van der Waals surface area contributed by atoms with Crippen molar-refractivity contribution in [2.45, 2.75) is 26.8 Å².